The van der Waals surface area contributed by atoms with Crippen LogP contribution >= 0.6 is 11.8 Å². The van der Waals surface area contributed by atoms with Gasteiger partial charge in [0.1, 0.15) is 0 Å². The summed E-state index contributed by atoms with van der Waals surface area (Å²) in [6.45, 7) is 3.76. The smallest absolute Gasteiger partial charge is 0.279 e. The number of thioether (sulfide) groups is 1. The Labute approximate surface area is 168 Å². The summed E-state index contributed by atoms with van der Waals surface area (Å²) in [5.74, 6) is -0.562. The molecule has 28 heavy (non-hydrogen) atoms. The van der Waals surface area contributed by atoms with E-state index in [-0.39, 0.29) is 10.6 Å². The number of carbonyl (C=O) groups is 1. The minimum absolute atomic E-state index is 0.0635. The summed E-state index contributed by atoms with van der Waals surface area (Å²) in [5, 5.41) is 8.59. The molecule has 3 N–H and O–H groups in total. The van der Waals surface area contributed by atoms with E-state index >= 15 is 0 Å². The van der Waals surface area contributed by atoms with Crippen LogP contribution in [0, 0.1) is 13.8 Å². The standard InChI is InChI=1S/C19H20N4O3S2/c1-12-7-13(2)9-15(8-12)23-28(25,26)19-17(11-20-22-19)18(24)21-14-5-4-6-16(10-14)27-3/h4-11,23H,1-3H3,(H,20,22)(H,21,24). The maximum Gasteiger partial charge on any atom is 0.279 e. The molecule has 3 aromatic rings. The quantitative estimate of drug-likeness (QED) is 0.530. The summed E-state index contributed by atoms with van der Waals surface area (Å²) < 4.78 is 28.1. The normalized spacial score (nSPS) is 11.2. The highest BCUT2D eigenvalue weighted by atomic mass is 32.2. The fourth-order valence-corrected chi connectivity index (χ4v) is 4.38. The zero-order chi connectivity index (χ0) is 20.3. The number of aryl methyl sites for hydroxylation is 2. The van der Waals surface area contributed by atoms with Crippen molar-refractivity contribution in [3.63, 3.8) is 0 Å². The highest BCUT2D eigenvalue weighted by Crippen LogP contribution is 2.22. The number of H-pyrrole nitrogens is 1. The molecule has 0 bridgehead atoms. The van der Waals surface area contributed by atoms with Crippen LogP contribution in [-0.4, -0.2) is 30.8 Å². The van der Waals surface area contributed by atoms with E-state index in [9.17, 15) is 13.2 Å². The predicted molar refractivity (Wildman–Crippen MR) is 111 cm³/mol. The van der Waals surface area contributed by atoms with E-state index in [1.807, 2.05) is 44.4 Å². The van der Waals surface area contributed by atoms with Gasteiger partial charge in [0.15, 0.2) is 5.03 Å². The number of rotatable bonds is 6. The lowest BCUT2D eigenvalue weighted by molar-refractivity contribution is 0.102. The van der Waals surface area contributed by atoms with Crippen LogP contribution in [-0.2, 0) is 10.0 Å². The van der Waals surface area contributed by atoms with Gasteiger partial charge in [0.25, 0.3) is 15.9 Å². The Hall–Kier alpha value is -2.78. The first-order valence-electron chi connectivity index (χ1n) is 8.38. The van der Waals surface area contributed by atoms with Crippen molar-refractivity contribution < 1.29 is 13.2 Å². The van der Waals surface area contributed by atoms with Gasteiger partial charge in [-0.05, 0) is 61.6 Å². The summed E-state index contributed by atoms with van der Waals surface area (Å²) in [4.78, 5) is 13.6. The van der Waals surface area contributed by atoms with Crippen LogP contribution in [0.15, 0.2) is 58.6 Å². The van der Waals surface area contributed by atoms with Gasteiger partial charge < -0.3 is 5.32 Å². The molecule has 0 aliphatic heterocycles. The second-order valence-electron chi connectivity index (χ2n) is 6.28. The molecule has 3 rings (SSSR count). The van der Waals surface area contributed by atoms with E-state index in [2.05, 4.69) is 20.2 Å². The Morgan fingerprint density at radius 1 is 1.07 bits per heavy atom. The van der Waals surface area contributed by atoms with E-state index in [1.165, 1.54) is 6.20 Å². The topological polar surface area (TPSA) is 104 Å². The van der Waals surface area contributed by atoms with Crippen LogP contribution in [0.2, 0.25) is 0 Å². The summed E-state index contributed by atoms with van der Waals surface area (Å²) in [6, 6.07) is 12.7. The lowest BCUT2D eigenvalue weighted by atomic mass is 10.1. The Morgan fingerprint density at radius 3 is 2.46 bits per heavy atom. The number of hydrogen-bond donors (Lipinski definition) is 3. The number of sulfonamides is 1. The molecule has 9 heteroatoms. The second-order valence-corrected chi connectivity index (χ2v) is 8.78. The average molecular weight is 417 g/mol. The SMILES string of the molecule is CSc1cccc(NC(=O)c2cn[nH]c2S(=O)(=O)Nc2cc(C)cc(C)c2)c1. The number of hydrogen-bond acceptors (Lipinski definition) is 5. The first kappa shape index (κ1) is 20.0. The molecule has 0 spiro atoms. The molecular formula is C19H20N4O3S2. The number of benzene rings is 2. The van der Waals surface area contributed by atoms with Crippen molar-refractivity contribution >= 4 is 39.1 Å². The van der Waals surface area contributed by atoms with Gasteiger partial charge in [-0.3, -0.25) is 14.6 Å². The zero-order valence-corrected chi connectivity index (χ0v) is 17.2. The van der Waals surface area contributed by atoms with Gasteiger partial charge in [-0.25, -0.2) is 0 Å². The van der Waals surface area contributed by atoms with Crippen LogP contribution in [0.25, 0.3) is 0 Å². The molecule has 0 aliphatic carbocycles. The van der Waals surface area contributed by atoms with Crippen molar-refractivity contribution in [2.45, 2.75) is 23.8 Å². The van der Waals surface area contributed by atoms with E-state index in [4.69, 9.17) is 0 Å². The van der Waals surface area contributed by atoms with Crippen molar-refractivity contribution in [1.82, 2.24) is 10.2 Å². The number of amides is 1. The van der Waals surface area contributed by atoms with Crippen molar-refractivity contribution in [3.8, 4) is 0 Å². The van der Waals surface area contributed by atoms with Crippen molar-refractivity contribution in [2.75, 3.05) is 16.3 Å². The summed E-state index contributed by atoms with van der Waals surface area (Å²) in [6.07, 6.45) is 3.13. The molecule has 1 heterocycles. The third-order valence-corrected chi connectivity index (χ3v) is 6.00. The molecule has 146 valence electrons. The van der Waals surface area contributed by atoms with E-state index in [0.717, 1.165) is 16.0 Å². The van der Waals surface area contributed by atoms with Crippen molar-refractivity contribution in [2.24, 2.45) is 0 Å². The highest BCUT2D eigenvalue weighted by molar-refractivity contribution is 7.98. The number of aromatic amines is 1. The molecule has 0 saturated heterocycles. The van der Waals surface area contributed by atoms with Gasteiger partial charge in [-0.2, -0.15) is 13.5 Å². The van der Waals surface area contributed by atoms with Gasteiger partial charge in [-0.1, -0.05) is 12.1 Å². The predicted octanol–water partition coefficient (Wildman–Crippen LogP) is 3.80. The van der Waals surface area contributed by atoms with Gasteiger partial charge in [0.2, 0.25) is 0 Å². The largest absolute Gasteiger partial charge is 0.322 e. The van der Waals surface area contributed by atoms with Gasteiger partial charge in [0.05, 0.1) is 11.8 Å². The molecule has 7 nitrogen and oxygen atoms in total. The Kier molecular flexibility index (Phi) is 5.76. The van der Waals surface area contributed by atoms with Crippen LogP contribution in [0.4, 0.5) is 11.4 Å². The fourth-order valence-electron chi connectivity index (χ4n) is 2.78. The third-order valence-electron chi connectivity index (χ3n) is 3.92. The summed E-state index contributed by atoms with van der Waals surface area (Å²) >= 11 is 1.54. The lowest BCUT2D eigenvalue weighted by Gasteiger charge is -2.10. The van der Waals surface area contributed by atoms with E-state index in [0.29, 0.717) is 11.4 Å². The number of nitrogens with zero attached hydrogens (tertiary/aromatic N) is 1. The number of nitrogens with one attached hydrogen (secondary N) is 3. The molecule has 0 atom stereocenters. The highest BCUT2D eigenvalue weighted by Gasteiger charge is 2.25. The number of carbonyl (C=O) groups excluding carboxylic acids is 1. The molecular weight excluding hydrogens is 396 g/mol. The monoisotopic (exact) mass is 416 g/mol. The van der Waals surface area contributed by atoms with Crippen LogP contribution in [0.3, 0.4) is 0 Å². The zero-order valence-electron chi connectivity index (χ0n) is 15.6. The number of anilines is 2. The molecule has 0 aliphatic rings. The number of aromatic nitrogens is 2. The molecule has 1 amide bonds. The Morgan fingerprint density at radius 2 is 1.79 bits per heavy atom. The molecule has 0 saturated carbocycles. The maximum absolute atomic E-state index is 12.8. The van der Waals surface area contributed by atoms with Gasteiger partial charge in [-0.15, -0.1) is 11.8 Å². The molecule has 0 radical (unpaired) electrons. The van der Waals surface area contributed by atoms with Gasteiger partial charge >= 0.3 is 0 Å². The maximum atomic E-state index is 12.8. The van der Waals surface area contributed by atoms with E-state index in [1.54, 1.807) is 30.0 Å². The van der Waals surface area contributed by atoms with Gasteiger partial charge in [0, 0.05) is 16.3 Å². The first-order chi connectivity index (χ1) is 13.3. The summed E-state index contributed by atoms with van der Waals surface area (Å²) in [5.41, 5.74) is 2.78. The molecule has 0 fully saturated rings. The second kappa shape index (κ2) is 8.07. The lowest BCUT2D eigenvalue weighted by Crippen LogP contribution is -2.20. The Balaban J connectivity index is 1.86. The minimum atomic E-state index is -4.02. The average Bonchev–Trinajstić information content (AvgIpc) is 3.11. The van der Waals surface area contributed by atoms with Crippen LogP contribution in [0.1, 0.15) is 21.5 Å². The van der Waals surface area contributed by atoms with Crippen LogP contribution < -0.4 is 10.0 Å². The molecule has 0 unspecified atom stereocenters. The molecule has 2 aromatic carbocycles. The van der Waals surface area contributed by atoms with E-state index < -0.39 is 15.9 Å². The van der Waals surface area contributed by atoms with Crippen molar-refractivity contribution in [1.29, 1.82) is 0 Å². The minimum Gasteiger partial charge on any atom is -0.322 e. The third kappa shape index (κ3) is 4.55. The van der Waals surface area contributed by atoms with Crippen LogP contribution in [0.5, 0.6) is 0 Å². The molecule has 1 aromatic heterocycles. The van der Waals surface area contributed by atoms with Crippen molar-refractivity contribution in [3.05, 3.63) is 65.4 Å². The fraction of sp³-hybridized carbons (Fsp3) is 0.158. The Bertz CT molecular complexity index is 1100. The summed E-state index contributed by atoms with van der Waals surface area (Å²) in [7, 11) is -4.02. The first-order valence-corrected chi connectivity index (χ1v) is 11.1.